The topological polar surface area (TPSA) is 106 Å². The van der Waals surface area contributed by atoms with E-state index in [1.807, 2.05) is 0 Å². The zero-order valence-electron chi connectivity index (χ0n) is 11.9. The molecule has 0 radical (unpaired) electrons. The number of rotatable bonds is 5. The zero-order valence-corrected chi connectivity index (χ0v) is 13.4. The van der Waals surface area contributed by atoms with Crippen LogP contribution in [0.1, 0.15) is 29.8 Å². The highest BCUT2D eigenvalue weighted by Crippen LogP contribution is 2.29. The van der Waals surface area contributed by atoms with Crippen LogP contribution in [-0.2, 0) is 11.2 Å². The van der Waals surface area contributed by atoms with E-state index in [0.29, 0.717) is 5.82 Å². The van der Waals surface area contributed by atoms with Crippen molar-refractivity contribution in [2.75, 3.05) is 0 Å². The van der Waals surface area contributed by atoms with Crippen molar-refractivity contribution in [3.63, 3.8) is 0 Å². The summed E-state index contributed by atoms with van der Waals surface area (Å²) in [5, 5.41) is 19.6. The van der Waals surface area contributed by atoms with Crippen LogP contribution in [0.3, 0.4) is 0 Å². The number of carboxylic acid groups (broad SMARTS) is 1. The number of benzene rings is 1. The molecule has 23 heavy (non-hydrogen) atoms. The van der Waals surface area contributed by atoms with Gasteiger partial charge >= 0.3 is 5.97 Å². The third-order valence-electron chi connectivity index (χ3n) is 3.21. The summed E-state index contributed by atoms with van der Waals surface area (Å²) in [7, 11) is 0. The Hall–Kier alpha value is -2.25. The molecule has 9 heteroatoms. The molecule has 1 N–H and O–H groups in total. The summed E-state index contributed by atoms with van der Waals surface area (Å²) in [6.45, 7) is 1.44. The monoisotopic (exact) mass is 355 g/mol. The normalized spacial score (nSPS) is 12.0. The Morgan fingerprint density at radius 2 is 1.78 bits per heavy atom. The number of aliphatic carboxylic acids is 1. The van der Waals surface area contributed by atoms with Gasteiger partial charge in [-0.2, -0.15) is 0 Å². The Morgan fingerprint density at radius 3 is 2.22 bits per heavy atom. The van der Waals surface area contributed by atoms with E-state index in [9.17, 15) is 14.9 Å². The molecule has 0 aliphatic carbocycles. The number of aromatic nitrogens is 2. The van der Waals surface area contributed by atoms with E-state index in [1.165, 1.54) is 19.1 Å². The van der Waals surface area contributed by atoms with Crippen molar-refractivity contribution < 1.29 is 14.8 Å². The third-order valence-corrected chi connectivity index (χ3v) is 3.79. The van der Waals surface area contributed by atoms with E-state index >= 15 is 0 Å². The number of hydrogen-bond donors (Lipinski definition) is 1. The van der Waals surface area contributed by atoms with Gasteiger partial charge in [-0.1, -0.05) is 35.3 Å². The van der Waals surface area contributed by atoms with Gasteiger partial charge in [-0.3, -0.25) is 14.9 Å². The molecule has 0 aliphatic heterocycles. The average molecular weight is 356 g/mol. The largest absolute Gasteiger partial charge is 0.481 e. The molecule has 2 rings (SSSR count). The van der Waals surface area contributed by atoms with Crippen molar-refractivity contribution >= 4 is 34.9 Å². The summed E-state index contributed by atoms with van der Waals surface area (Å²) in [4.78, 5) is 29.3. The van der Waals surface area contributed by atoms with E-state index in [4.69, 9.17) is 28.3 Å². The lowest BCUT2D eigenvalue weighted by molar-refractivity contribution is -0.384. The molecule has 0 saturated carbocycles. The van der Waals surface area contributed by atoms with Crippen LogP contribution in [0.15, 0.2) is 24.3 Å². The molecular formula is C14H11Cl2N3O4. The van der Waals surface area contributed by atoms with Crippen molar-refractivity contribution in [3.05, 3.63) is 61.6 Å². The minimum atomic E-state index is -1.08. The second kappa shape index (κ2) is 6.89. The van der Waals surface area contributed by atoms with Crippen LogP contribution in [-0.4, -0.2) is 26.0 Å². The summed E-state index contributed by atoms with van der Waals surface area (Å²) < 4.78 is 0. The predicted octanol–water partition coefficient (Wildman–Crippen LogP) is 3.47. The van der Waals surface area contributed by atoms with E-state index in [-0.39, 0.29) is 28.0 Å². The fourth-order valence-electron chi connectivity index (χ4n) is 1.94. The van der Waals surface area contributed by atoms with E-state index in [2.05, 4.69) is 9.97 Å². The maximum atomic E-state index is 11.0. The lowest BCUT2D eigenvalue weighted by Crippen LogP contribution is -2.11. The van der Waals surface area contributed by atoms with E-state index in [0.717, 1.165) is 5.56 Å². The Bertz CT molecular complexity index is 742. The smallest absolute Gasteiger partial charge is 0.310 e. The lowest BCUT2D eigenvalue weighted by atomic mass is 10.1. The molecule has 7 nitrogen and oxygen atoms in total. The number of non-ortho nitro benzene ring substituents is 1. The van der Waals surface area contributed by atoms with Gasteiger partial charge in [0.25, 0.3) is 5.69 Å². The average Bonchev–Trinajstić information content (AvgIpc) is 2.46. The van der Waals surface area contributed by atoms with Crippen molar-refractivity contribution in [1.82, 2.24) is 9.97 Å². The van der Waals surface area contributed by atoms with Crippen LogP contribution in [0.5, 0.6) is 0 Å². The van der Waals surface area contributed by atoms with E-state index < -0.39 is 16.8 Å². The maximum absolute atomic E-state index is 11.0. The van der Waals surface area contributed by atoms with Crippen LogP contribution in [0.25, 0.3) is 0 Å². The molecule has 1 atom stereocenters. The number of carbonyl (C=O) groups is 1. The molecule has 0 fully saturated rings. The summed E-state index contributed by atoms with van der Waals surface area (Å²) in [5.74, 6) is -1.71. The summed E-state index contributed by atoms with van der Waals surface area (Å²) in [6.07, 6.45) is 0.263. The van der Waals surface area contributed by atoms with Gasteiger partial charge in [0.15, 0.2) is 0 Å². The molecule has 0 amide bonds. The van der Waals surface area contributed by atoms with Crippen LogP contribution in [0.4, 0.5) is 5.69 Å². The number of nitro benzene ring substituents is 1. The number of nitrogens with zero attached hydrogens (tertiary/aromatic N) is 3. The first kappa shape index (κ1) is 17.1. The summed E-state index contributed by atoms with van der Waals surface area (Å²) in [5.41, 5.74) is 0.881. The Morgan fingerprint density at radius 1 is 1.26 bits per heavy atom. The third kappa shape index (κ3) is 3.94. The first-order chi connectivity index (χ1) is 10.8. The van der Waals surface area contributed by atoms with Crippen LogP contribution in [0.2, 0.25) is 10.3 Å². The Balaban J connectivity index is 2.28. The van der Waals surface area contributed by atoms with Gasteiger partial charge in [0.05, 0.1) is 10.8 Å². The van der Waals surface area contributed by atoms with Crippen molar-refractivity contribution in [2.24, 2.45) is 0 Å². The van der Waals surface area contributed by atoms with Crippen molar-refractivity contribution in [1.29, 1.82) is 0 Å². The fourth-order valence-corrected chi connectivity index (χ4v) is 2.68. The minimum Gasteiger partial charge on any atom is -0.481 e. The first-order valence-electron chi connectivity index (χ1n) is 6.47. The second-order valence-electron chi connectivity index (χ2n) is 4.80. The molecule has 0 spiro atoms. The molecule has 2 aromatic rings. The van der Waals surface area contributed by atoms with Gasteiger partial charge in [0, 0.05) is 24.1 Å². The fraction of sp³-hybridized carbons (Fsp3) is 0.214. The molecule has 120 valence electrons. The van der Waals surface area contributed by atoms with Crippen LogP contribution < -0.4 is 0 Å². The van der Waals surface area contributed by atoms with Gasteiger partial charge in [0.1, 0.15) is 16.1 Å². The number of carboxylic acids is 1. The standard InChI is InChI=1S/C14H11Cl2N3O4/c1-7(14(20)21)11-12(15)17-10(18-13(11)16)6-8-2-4-9(5-3-8)19(22)23/h2-5,7H,6H2,1H3,(H,20,21)/t7-/m1/s1. The quantitative estimate of drug-likeness (QED) is 0.499. The SMILES string of the molecule is C[C@@H](C(=O)O)c1c(Cl)nc(Cc2ccc([N+](=O)[O-])cc2)nc1Cl. The first-order valence-corrected chi connectivity index (χ1v) is 7.23. The van der Waals surface area contributed by atoms with Crippen molar-refractivity contribution in [2.45, 2.75) is 19.3 Å². The maximum Gasteiger partial charge on any atom is 0.310 e. The Kier molecular flexibility index (Phi) is 5.12. The highest BCUT2D eigenvalue weighted by atomic mass is 35.5. The Labute approximate surface area is 141 Å². The van der Waals surface area contributed by atoms with Gasteiger partial charge in [-0.15, -0.1) is 0 Å². The molecule has 1 heterocycles. The molecule has 1 aromatic carbocycles. The van der Waals surface area contributed by atoms with Gasteiger partial charge in [-0.25, -0.2) is 9.97 Å². The predicted molar refractivity (Wildman–Crippen MR) is 84.0 cm³/mol. The molecule has 0 unspecified atom stereocenters. The van der Waals surface area contributed by atoms with Gasteiger partial charge < -0.3 is 5.11 Å². The van der Waals surface area contributed by atoms with Crippen LogP contribution in [0, 0.1) is 10.1 Å². The van der Waals surface area contributed by atoms with Crippen LogP contribution >= 0.6 is 23.2 Å². The zero-order chi connectivity index (χ0) is 17.1. The van der Waals surface area contributed by atoms with Crippen molar-refractivity contribution in [3.8, 4) is 0 Å². The summed E-state index contributed by atoms with van der Waals surface area (Å²) in [6, 6.07) is 5.91. The molecular weight excluding hydrogens is 345 g/mol. The van der Waals surface area contributed by atoms with Gasteiger partial charge in [0.2, 0.25) is 0 Å². The molecule has 0 aliphatic rings. The lowest BCUT2D eigenvalue weighted by Gasteiger charge is -2.11. The number of nitro groups is 1. The second-order valence-corrected chi connectivity index (χ2v) is 5.51. The highest BCUT2D eigenvalue weighted by Gasteiger charge is 2.23. The molecule has 1 aromatic heterocycles. The number of halogens is 2. The molecule has 0 saturated heterocycles. The van der Waals surface area contributed by atoms with E-state index in [1.54, 1.807) is 12.1 Å². The highest BCUT2D eigenvalue weighted by molar-refractivity contribution is 6.35. The molecule has 0 bridgehead atoms. The number of hydrogen-bond acceptors (Lipinski definition) is 5. The minimum absolute atomic E-state index is 0.0168. The summed E-state index contributed by atoms with van der Waals surface area (Å²) >= 11 is 12.0. The van der Waals surface area contributed by atoms with Gasteiger partial charge in [-0.05, 0) is 12.5 Å².